The first-order chi connectivity index (χ1) is 9.20. The lowest BCUT2D eigenvalue weighted by molar-refractivity contribution is -0.149. The van der Waals surface area contributed by atoms with Crippen molar-refractivity contribution < 1.29 is 14.3 Å². The Kier molecular flexibility index (Phi) is 5.00. The number of hydrogen-bond donors (Lipinski definition) is 0. The Morgan fingerprint density at radius 2 is 2.16 bits per heavy atom. The van der Waals surface area contributed by atoms with E-state index in [4.69, 9.17) is 4.74 Å². The van der Waals surface area contributed by atoms with Gasteiger partial charge in [-0.25, -0.2) is 0 Å². The van der Waals surface area contributed by atoms with Gasteiger partial charge in [0.25, 0.3) is 0 Å². The predicted octanol–water partition coefficient (Wildman–Crippen LogP) is 2.43. The molecule has 0 aromatic rings. The number of rotatable bonds is 6. The number of hydrogen-bond acceptors (Lipinski definition) is 3. The van der Waals surface area contributed by atoms with E-state index in [1.165, 1.54) is 18.4 Å². The van der Waals surface area contributed by atoms with E-state index < -0.39 is 0 Å². The van der Waals surface area contributed by atoms with Crippen molar-refractivity contribution in [1.82, 2.24) is 4.90 Å². The molecule has 1 fully saturated rings. The van der Waals surface area contributed by atoms with E-state index in [-0.39, 0.29) is 24.5 Å². The predicted molar refractivity (Wildman–Crippen MR) is 72.5 cm³/mol. The number of nitrogens with zero attached hydrogens (tertiary/aromatic N) is 1. The third-order valence-electron chi connectivity index (χ3n) is 3.68. The third-order valence-corrected chi connectivity index (χ3v) is 3.68. The Bertz CT molecular complexity index is 372. The Hall–Kier alpha value is -1.32. The lowest BCUT2D eigenvalue weighted by Crippen LogP contribution is -2.38. The van der Waals surface area contributed by atoms with E-state index in [1.54, 1.807) is 11.8 Å². The monoisotopic (exact) mass is 265 g/mol. The fraction of sp³-hybridized carbons (Fsp3) is 0.733. The average molecular weight is 265 g/mol. The number of allylic oxidation sites excluding steroid dienone is 1. The van der Waals surface area contributed by atoms with E-state index in [0.717, 1.165) is 25.7 Å². The summed E-state index contributed by atoms with van der Waals surface area (Å²) in [7, 11) is 0. The lowest BCUT2D eigenvalue weighted by atomic mass is 9.97. The number of amides is 1. The Labute approximate surface area is 114 Å². The van der Waals surface area contributed by atoms with Crippen LogP contribution in [0.5, 0.6) is 0 Å². The number of ether oxygens (including phenoxy) is 1. The Morgan fingerprint density at radius 1 is 1.37 bits per heavy atom. The molecular formula is C15H23NO3. The molecule has 1 amide bonds. The highest BCUT2D eigenvalue weighted by Gasteiger charge is 2.34. The molecule has 106 valence electrons. The highest BCUT2D eigenvalue weighted by molar-refractivity contribution is 5.84. The molecule has 0 N–H and O–H groups in total. The Balaban J connectivity index is 1.88. The van der Waals surface area contributed by atoms with E-state index >= 15 is 0 Å². The van der Waals surface area contributed by atoms with Crippen molar-refractivity contribution >= 4 is 11.9 Å². The molecule has 0 aliphatic heterocycles. The van der Waals surface area contributed by atoms with Crippen LogP contribution in [0, 0.1) is 0 Å². The van der Waals surface area contributed by atoms with Crippen LogP contribution in [0.2, 0.25) is 0 Å². The zero-order valence-electron chi connectivity index (χ0n) is 11.7. The highest BCUT2D eigenvalue weighted by atomic mass is 16.5. The molecule has 4 nitrogen and oxygen atoms in total. The van der Waals surface area contributed by atoms with Gasteiger partial charge < -0.3 is 9.64 Å². The zero-order chi connectivity index (χ0) is 13.7. The first-order valence-electron chi connectivity index (χ1n) is 7.33. The molecule has 0 unspecified atom stereocenters. The fourth-order valence-corrected chi connectivity index (χ4v) is 2.51. The van der Waals surface area contributed by atoms with E-state index in [0.29, 0.717) is 13.0 Å². The van der Waals surface area contributed by atoms with Crippen molar-refractivity contribution in [2.24, 2.45) is 0 Å². The summed E-state index contributed by atoms with van der Waals surface area (Å²) in [6, 6.07) is 0.265. The molecule has 0 saturated heterocycles. The molecule has 0 heterocycles. The number of esters is 1. The van der Waals surface area contributed by atoms with Gasteiger partial charge in [0, 0.05) is 12.5 Å². The van der Waals surface area contributed by atoms with Crippen molar-refractivity contribution in [3.63, 3.8) is 0 Å². The van der Waals surface area contributed by atoms with Crippen LogP contribution < -0.4 is 0 Å². The molecule has 0 spiro atoms. The quantitative estimate of drug-likeness (QED) is 0.547. The van der Waals surface area contributed by atoms with Gasteiger partial charge in [-0.1, -0.05) is 11.6 Å². The minimum absolute atomic E-state index is 0.0868. The summed E-state index contributed by atoms with van der Waals surface area (Å²) >= 11 is 0. The SMILES string of the molecule is CCOC(=O)CN(C(=O)CC1=CCCCC1)C1CC1. The van der Waals surface area contributed by atoms with Gasteiger partial charge in [-0.2, -0.15) is 0 Å². The topological polar surface area (TPSA) is 46.6 Å². The Morgan fingerprint density at radius 3 is 2.74 bits per heavy atom. The number of carbonyl (C=O) groups is 2. The maximum Gasteiger partial charge on any atom is 0.325 e. The van der Waals surface area contributed by atoms with Gasteiger partial charge >= 0.3 is 5.97 Å². The molecule has 4 heteroatoms. The molecule has 19 heavy (non-hydrogen) atoms. The second kappa shape index (κ2) is 6.73. The van der Waals surface area contributed by atoms with Crippen LogP contribution >= 0.6 is 0 Å². The van der Waals surface area contributed by atoms with Gasteiger partial charge in [0.2, 0.25) is 5.91 Å². The molecule has 2 rings (SSSR count). The van der Waals surface area contributed by atoms with Crippen LogP contribution in [0.3, 0.4) is 0 Å². The van der Waals surface area contributed by atoms with Crippen molar-refractivity contribution in [2.75, 3.05) is 13.2 Å². The van der Waals surface area contributed by atoms with Crippen LogP contribution in [0.1, 0.15) is 51.9 Å². The molecule has 0 aromatic heterocycles. The van der Waals surface area contributed by atoms with Crippen LogP contribution in [0.4, 0.5) is 0 Å². The zero-order valence-corrected chi connectivity index (χ0v) is 11.7. The van der Waals surface area contributed by atoms with E-state index in [9.17, 15) is 9.59 Å². The largest absolute Gasteiger partial charge is 0.465 e. The van der Waals surface area contributed by atoms with Crippen molar-refractivity contribution in [1.29, 1.82) is 0 Å². The van der Waals surface area contributed by atoms with E-state index in [1.807, 2.05) is 0 Å². The second-order valence-corrected chi connectivity index (χ2v) is 5.34. The van der Waals surface area contributed by atoms with Gasteiger partial charge in [0.1, 0.15) is 6.54 Å². The fourth-order valence-electron chi connectivity index (χ4n) is 2.51. The van der Waals surface area contributed by atoms with Crippen molar-refractivity contribution in [3.05, 3.63) is 11.6 Å². The summed E-state index contributed by atoms with van der Waals surface area (Å²) in [4.78, 5) is 25.6. The summed E-state index contributed by atoms with van der Waals surface area (Å²) in [5, 5.41) is 0. The first kappa shape index (κ1) is 14.1. The van der Waals surface area contributed by atoms with Crippen LogP contribution in [0.25, 0.3) is 0 Å². The molecule has 2 aliphatic rings. The molecule has 1 saturated carbocycles. The van der Waals surface area contributed by atoms with Gasteiger partial charge in [-0.3, -0.25) is 9.59 Å². The van der Waals surface area contributed by atoms with Gasteiger partial charge in [0.05, 0.1) is 6.61 Å². The molecular weight excluding hydrogens is 242 g/mol. The standard InChI is InChI=1S/C15H23NO3/c1-2-19-15(18)11-16(13-8-9-13)14(17)10-12-6-4-3-5-7-12/h6,13H,2-5,7-11H2,1H3. The summed E-state index contributed by atoms with van der Waals surface area (Å²) in [5.41, 5.74) is 1.24. The minimum atomic E-state index is -0.291. The van der Waals surface area contributed by atoms with Gasteiger partial charge in [0.15, 0.2) is 0 Å². The number of carbonyl (C=O) groups excluding carboxylic acids is 2. The van der Waals surface area contributed by atoms with Crippen LogP contribution in [-0.4, -0.2) is 36.0 Å². The van der Waals surface area contributed by atoms with Gasteiger partial charge in [-0.05, 0) is 45.4 Å². The van der Waals surface area contributed by atoms with Crippen LogP contribution in [-0.2, 0) is 14.3 Å². The van der Waals surface area contributed by atoms with Crippen LogP contribution in [0.15, 0.2) is 11.6 Å². The summed E-state index contributed by atoms with van der Waals surface area (Å²) in [6.07, 6.45) is 9.24. The van der Waals surface area contributed by atoms with E-state index in [2.05, 4.69) is 6.08 Å². The second-order valence-electron chi connectivity index (χ2n) is 5.34. The molecule has 0 aromatic carbocycles. The normalized spacial score (nSPS) is 18.7. The highest BCUT2D eigenvalue weighted by Crippen LogP contribution is 2.29. The third kappa shape index (κ3) is 4.37. The average Bonchev–Trinajstić information content (AvgIpc) is 3.21. The smallest absolute Gasteiger partial charge is 0.325 e. The lowest BCUT2D eigenvalue weighted by Gasteiger charge is -2.22. The molecule has 2 aliphatic carbocycles. The summed E-state index contributed by atoms with van der Waals surface area (Å²) in [5.74, 6) is -0.205. The van der Waals surface area contributed by atoms with Gasteiger partial charge in [-0.15, -0.1) is 0 Å². The first-order valence-corrected chi connectivity index (χ1v) is 7.33. The summed E-state index contributed by atoms with van der Waals surface area (Å²) < 4.78 is 4.94. The molecule has 0 bridgehead atoms. The maximum atomic E-state index is 12.3. The minimum Gasteiger partial charge on any atom is -0.465 e. The maximum absolute atomic E-state index is 12.3. The molecule has 0 radical (unpaired) electrons. The summed E-state index contributed by atoms with van der Waals surface area (Å²) in [6.45, 7) is 2.27. The molecule has 0 atom stereocenters. The van der Waals surface area contributed by atoms with Crippen molar-refractivity contribution in [3.8, 4) is 0 Å². The van der Waals surface area contributed by atoms with Crippen molar-refractivity contribution in [2.45, 2.75) is 57.9 Å².